The van der Waals surface area contributed by atoms with E-state index in [0.29, 0.717) is 17.9 Å². The maximum absolute atomic E-state index is 11.7. The lowest BCUT2D eigenvalue weighted by atomic mass is 10.1. The Balaban J connectivity index is 2.34. The summed E-state index contributed by atoms with van der Waals surface area (Å²) in [4.78, 5) is 11.7. The lowest BCUT2D eigenvalue weighted by molar-refractivity contribution is 0.0844. The second-order valence-corrected chi connectivity index (χ2v) is 3.31. The molecule has 1 N–H and O–H groups in total. The molecular weight excluding hydrogens is 194 g/mol. The molecule has 1 aliphatic rings. The van der Waals surface area contributed by atoms with Crippen LogP contribution in [0.5, 0.6) is 5.75 Å². The highest BCUT2D eigenvalue weighted by Gasteiger charge is 2.18. The number of rotatable bonds is 3. The molecule has 4 nitrogen and oxygen atoms in total. The van der Waals surface area contributed by atoms with Crippen LogP contribution >= 0.6 is 0 Å². The number of carbonyl (C=O) groups is 1. The van der Waals surface area contributed by atoms with E-state index in [0.717, 1.165) is 12.2 Å². The van der Waals surface area contributed by atoms with E-state index in [-0.39, 0.29) is 12.4 Å². The molecule has 0 saturated heterocycles. The van der Waals surface area contributed by atoms with E-state index in [4.69, 9.17) is 9.47 Å². The number of nitrogens with one attached hydrogen (secondary N) is 1. The van der Waals surface area contributed by atoms with E-state index in [9.17, 15) is 4.79 Å². The van der Waals surface area contributed by atoms with Crippen molar-refractivity contribution < 1.29 is 14.3 Å². The predicted octanol–water partition coefficient (Wildman–Crippen LogP) is 1.32. The van der Waals surface area contributed by atoms with Crippen molar-refractivity contribution in [2.45, 2.75) is 0 Å². The number of carbonyl (C=O) groups excluding carboxylic acids is 1. The molecule has 1 aromatic rings. The molecule has 2 rings (SSSR count). The van der Waals surface area contributed by atoms with Gasteiger partial charge in [-0.25, -0.2) is 0 Å². The molecule has 0 amide bonds. The highest BCUT2D eigenvalue weighted by Crippen LogP contribution is 2.31. The van der Waals surface area contributed by atoms with Crippen LogP contribution in [0.4, 0.5) is 5.69 Å². The fourth-order valence-electron chi connectivity index (χ4n) is 1.60. The summed E-state index contributed by atoms with van der Waals surface area (Å²) in [6.07, 6.45) is 0. The fourth-order valence-corrected chi connectivity index (χ4v) is 1.60. The number of hydrogen-bond donors (Lipinski definition) is 1. The largest absolute Gasteiger partial charge is 0.489 e. The molecule has 0 spiro atoms. The van der Waals surface area contributed by atoms with Crippen molar-refractivity contribution >= 4 is 11.5 Å². The minimum absolute atomic E-state index is 0.0574. The van der Waals surface area contributed by atoms with Gasteiger partial charge in [-0.05, 0) is 12.1 Å². The number of para-hydroxylation sites is 1. The summed E-state index contributed by atoms with van der Waals surface area (Å²) in [6.45, 7) is 1.44. The molecule has 0 radical (unpaired) electrons. The van der Waals surface area contributed by atoms with Gasteiger partial charge in [0.25, 0.3) is 0 Å². The van der Waals surface area contributed by atoms with Crippen LogP contribution in [0.3, 0.4) is 0 Å². The molecule has 0 aromatic heterocycles. The van der Waals surface area contributed by atoms with E-state index < -0.39 is 0 Å². The van der Waals surface area contributed by atoms with E-state index in [1.807, 2.05) is 12.1 Å². The van der Waals surface area contributed by atoms with Gasteiger partial charge in [-0.1, -0.05) is 6.07 Å². The summed E-state index contributed by atoms with van der Waals surface area (Å²) in [6, 6.07) is 5.49. The maximum atomic E-state index is 11.7. The third kappa shape index (κ3) is 1.94. The molecular formula is C11H13NO3. The summed E-state index contributed by atoms with van der Waals surface area (Å²) in [5.74, 6) is 0.587. The third-order valence-corrected chi connectivity index (χ3v) is 2.25. The summed E-state index contributed by atoms with van der Waals surface area (Å²) in [5.41, 5.74) is 1.46. The molecule has 0 aliphatic carbocycles. The second-order valence-electron chi connectivity index (χ2n) is 3.31. The van der Waals surface area contributed by atoms with Crippen LogP contribution in [0.25, 0.3) is 0 Å². The van der Waals surface area contributed by atoms with Crippen molar-refractivity contribution in [2.24, 2.45) is 0 Å². The first-order valence-electron chi connectivity index (χ1n) is 4.84. The Morgan fingerprint density at radius 2 is 2.47 bits per heavy atom. The van der Waals surface area contributed by atoms with Gasteiger partial charge >= 0.3 is 0 Å². The molecule has 0 saturated carbocycles. The van der Waals surface area contributed by atoms with E-state index in [2.05, 4.69) is 5.32 Å². The first kappa shape index (κ1) is 9.98. The van der Waals surface area contributed by atoms with Gasteiger partial charge in [0.15, 0.2) is 11.5 Å². The number of fused-ring (bicyclic) bond motifs is 1. The zero-order valence-electron chi connectivity index (χ0n) is 8.58. The first-order valence-corrected chi connectivity index (χ1v) is 4.84. The summed E-state index contributed by atoms with van der Waals surface area (Å²) in [5, 5.41) is 3.18. The number of benzene rings is 1. The minimum atomic E-state index is -0.0574. The SMILES string of the molecule is COCC(=O)c1cccc2c1OCCN2. The van der Waals surface area contributed by atoms with Crippen LogP contribution in [0, 0.1) is 0 Å². The van der Waals surface area contributed by atoms with Gasteiger partial charge in [-0.15, -0.1) is 0 Å². The molecule has 0 bridgehead atoms. The van der Waals surface area contributed by atoms with Gasteiger partial charge in [-0.3, -0.25) is 4.79 Å². The Kier molecular flexibility index (Phi) is 2.87. The van der Waals surface area contributed by atoms with Crippen LogP contribution in [-0.4, -0.2) is 32.7 Å². The lowest BCUT2D eigenvalue weighted by Gasteiger charge is -2.21. The zero-order valence-corrected chi connectivity index (χ0v) is 8.58. The molecule has 0 unspecified atom stereocenters. The average molecular weight is 207 g/mol. The number of ether oxygens (including phenoxy) is 2. The third-order valence-electron chi connectivity index (χ3n) is 2.25. The van der Waals surface area contributed by atoms with Gasteiger partial charge in [-0.2, -0.15) is 0 Å². The van der Waals surface area contributed by atoms with Crippen LogP contribution in [0.15, 0.2) is 18.2 Å². The van der Waals surface area contributed by atoms with E-state index >= 15 is 0 Å². The Labute approximate surface area is 88.2 Å². The summed E-state index contributed by atoms with van der Waals surface area (Å²) >= 11 is 0. The monoisotopic (exact) mass is 207 g/mol. The Hall–Kier alpha value is -1.55. The van der Waals surface area contributed by atoms with Crippen LogP contribution in [0.1, 0.15) is 10.4 Å². The van der Waals surface area contributed by atoms with Gasteiger partial charge in [0.1, 0.15) is 13.2 Å². The molecule has 1 aromatic carbocycles. The van der Waals surface area contributed by atoms with Crippen LogP contribution in [-0.2, 0) is 4.74 Å². The molecule has 15 heavy (non-hydrogen) atoms. The van der Waals surface area contributed by atoms with Crippen molar-refractivity contribution in [3.05, 3.63) is 23.8 Å². The van der Waals surface area contributed by atoms with Crippen LogP contribution in [0.2, 0.25) is 0 Å². The Morgan fingerprint density at radius 1 is 1.60 bits per heavy atom. The zero-order chi connectivity index (χ0) is 10.7. The standard InChI is InChI=1S/C11H13NO3/c1-14-7-10(13)8-3-2-4-9-11(8)15-6-5-12-9/h2-4,12H,5-7H2,1H3. The number of Topliss-reactive ketones (excluding diaryl/α,β-unsaturated/α-hetero) is 1. The quantitative estimate of drug-likeness (QED) is 0.759. The molecule has 1 aliphatic heterocycles. The van der Waals surface area contributed by atoms with Crippen molar-refractivity contribution in [1.82, 2.24) is 0 Å². The predicted molar refractivity (Wildman–Crippen MR) is 56.6 cm³/mol. The topological polar surface area (TPSA) is 47.6 Å². The molecule has 80 valence electrons. The fraction of sp³-hybridized carbons (Fsp3) is 0.364. The van der Waals surface area contributed by atoms with Gasteiger partial charge < -0.3 is 14.8 Å². The normalized spacial score (nSPS) is 13.7. The molecule has 0 fully saturated rings. The van der Waals surface area contributed by atoms with Gasteiger partial charge in [0.2, 0.25) is 0 Å². The van der Waals surface area contributed by atoms with Crippen molar-refractivity contribution in [3.63, 3.8) is 0 Å². The van der Waals surface area contributed by atoms with Crippen molar-refractivity contribution in [3.8, 4) is 5.75 Å². The maximum Gasteiger partial charge on any atom is 0.192 e. The number of methoxy groups -OCH3 is 1. The Morgan fingerprint density at radius 3 is 3.27 bits per heavy atom. The molecule has 4 heteroatoms. The van der Waals surface area contributed by atoms with E-state index in [1.54, 1.807) is 6.07 Å². The Bertz CT molecular complexity index is 376. The molecule has 1 heterocycles. The van der Waals surface area contributed by atoms with Crippen LogP contribution < -0.4 is 10.1 Å². The highest BCUT2D eigenvalue weighted by molar-refractivity contribution is 6.01. The average Bonchev–Trinajstić information content (AvgIpc) is 2.28. The van der Waals surface area contributed by atoms with E-state index in [1.165, 1.54) is 7.11 Å². The summed E-state index contributed by atoms with van der Waals surface area (Å²) in [7, 11) is 1.51. The first-order chi connectivity index (χ1) is 7.33. The number of hydrogen-bond acceptors (Lipinski definition) is 4. The highest BCUT2D eigenvalue weighted by atomic mass is 16.5. The van der Waals surface area contributed by atoms with Crippen molar-refractivity contribution in [1.29, 1.82) is 0 Å². The number of anilines is 1. The summed E-state index contributed by atoms with van der Waals surface area (Å²) < 4.78 is 10.3. The van der Waals surface area contributed by atoms with Gasteiger partial charge in [0, 0.05) is 13.7 Å². The van der Waals surface area contributed by atoms with Crippen molar-refractivity contribution in [2.75, 3.05) is 32.2 Å². The number of ketones is 1. The lowest BCUT2D eigenvalue weighted by Crippen LogP contribution is -2.20. The second kappa shape index (κ2) is 4.31. The van der Waals surface area contributed by atoms with Gasteiger partial charge in [0.05, 0.1) is 11.3 Å². The smallest absolute Gasteiger partial charge is 0.192 e. The molecule has 0 atom stereocenters. The minimum Gasteiger partial charge on any atom is -0.489 e.